The number of carbonyl (C=O) groups excluding carboxylic acids is 1. The minimum Gasteiger partial charge on any atom is -0.324 e. The van der Waals surface area contributed by atoms with Gasteiger partial charge in [-0.05, 0) is 18.4 Å². The Bertz CT molecular complexity index is 327. The summed E-state index contributed by atoms with van der Waals surface area (Å²) in [4.78, 5) is 11.9. The van der Waals surface area contributed by atoms with Gasteiger partial charge in [0.25, 0.3) is 0 Å². The molecular formula is C9H10FNOS. The predicted octanol–water partition coefficient (Wildman–Crippen LogP) is 1.69. The lowest BCUT2D eigenvalue weighted by Crippen LogP contribution is -2.16. The Morgan fingerprint density at radius 1 is 1.62 bits per heavy atom. The zero-order valence-corrected chi connectivity index (χ0v) is 8.03. The first-order valence-corrected chi connectivity index (χ1v) is 4.99. The van der Waals surface area contributed by atoms with Gasteiger partial charge in [-0.3, -0.25) is 4.79 Å². The summed E-state index contributed by atoms with van der Waals surface area (Å²) in [5.74, 6) is -0.857. The molecule has 0 spiro atoms. The molecule has 1 aromatic carbocycles. The van der Waals surface area contributed by atoms with Crippen molar-refractivity contribution >= 4 is 17.5 Å². The number of hydrogen-bond donors (Lipinski definition) is 1. The molecule has 0 aromatic heterocycles. The summed E-state index contributed by atoms with van der Waals surface area (Å²) in [5.41, 5.74) is 5.28. The van der Waals surface area contributed by atoms with Gasteiger partial charge in [0, 0.05) is 4.90 Å². The van der Waals surface area contributed by atoms with Gasteiger partial charge < -0.3 is 5.73 Å². The monoisotopic (exact) mass is 199 g/mol. The van der Waals surface area contributed by atoms with Gasteiger partial charge in [0.05, 0.1) is 12.1 Å². The maximum absolute atomic E-state index is 13.2. The third kappa shape index (κ3) is 2.08. The van der Waals surface area contributed by atoms with Crippen LogP contribution in [0.4, 0.5) is 4.39 Å². The van der Waals surface area contributed by atoms with Crippen LogP contribution in [0, 0.1) is 5.82 Å². The van der Waals surface area contributed by atoms with E-state index < -0.39 is 5.82 Å². The van der Waals surface area contributed by atoms with E-state index in [1.165, 1.54) is 17.8 Å². The van der Waals surface area contributed by atoms with Gasteiger partial charge in [-0.15, -0.1) is 11.8 Å². The quantitative estimate of drug-likeness (QED) is 0.595. The molecule has 4 heteroatoms. The van der Waals surface area contributed by atoms with Crippen molar-refractivity contribution in [3.63, 3.8) is 0 Å². The van der Waals surface area contributed by atoms with Gasteiger partial charge in [0.15, 0.2) is 5.78 Å². The topological polar surface area (TPSA) is 43.1 Å². The van der Waals surface area contributed by atoms with E-state index in [0.29, 0.717) is 4.90 Å². The Morgan fingerprint density at radius 2 is 2.31 bits per heavy atom. The van der Waals surface area contributed by atoms with Gasteiger partial charge in [0.2, 0.25) is 0 Å². The number of rotatable bonds is 3. The molecular weight excluding hydrogens is 189 g/mol. The fraction of sp³-hybridized carbons (Fsp3) is 0.222. The van der Waals surface area contributed by atoms with Crippen LogP contribution < -0.4 is 5.73 Å². The van der Waals surface area contributed by atoms with E-state index in [0.717, 1.165) is 0 Å². The van der Waals surface area contributed by atoms with Crippen LogP contribution in [0.3, 0.4) is 0 Å². The Hall–Kier alpha value is -0.870. The second kappa shape index (κ2) is 4.39. The zero-order valence-electron chi connectivity index (χ0n) is 7.21. The minimum absolute atomic E-state index is 0.109. The van der Waals surface area contributed by atoms with Gasteiger partial charge in [0.1, 0.15) is 5.82 Å². The van der Waals surface area contributed by atoms with Gasteiger partial charge in [-0.2, -0.15) is 0 Å². The number of ketones is 1. The molecule has 0 atom stereocenters. The number of hydrogen-bond acceptors (Lipinski definition) is 3. The second-order valence-electron chi connectivity index (χ2n) is 2.44. The van der Waals surface area contributed by atoms with E-state index in [2.05, 4.69) is 0 Å². The molecule has 0 bridgehead atoms. The molecule has 0 radical (unpaired) electrons. The highest BCUT2D eigenvalue weighted by Crippen LogP contribution is 2.22. The van der Waals surface area contributed by atoms with Gasteiger partial charge in [-0.25, -0.2) is 4.39 Å². The van der Waals surface area contributed by atoms with Gasteiger partial charge >= 0.3 is 0 Å². The molecule has 0 saturated heterocycles. The fourth-order valence-corrected chi connectivity index (χ4v) is 1.68. The van der Waals surface area contributed by atoms with E-state index in [4.69, 9.17) is 5.73 Å². The predicted molar refractivity (Wildman–Crippen MR) is 51.6 cm³/mol. The van der Waals surface area contributed by atoms with Crippen LogP contribution >= 0.6 is 11.8 Å². The molecule has 0 unspecified atom stereocenters. The molecule has 2 nitrogen and oxygen atoms in total. The Morgan fingerprint density at radius 3 is 2.85 bits per heavy atom. The van der Waals surface area contributed by atoms with Crippen LogP contribution in [0.2, 0.25) is 0 Å². The van der Waals surface area contributed by atoms with E-state index in [-0.39, 0.29) is 17.9 Å². The first kappa shape index (κ1) is 10.2. The zero-order chi connectivity index (χ0) is 9.84. The third-order valence-corrected chi connectivity index (χ3v) is 2.44. The second-order valence-corrected chi connectivity index (χ2v) is 3.29. The standard InChI is InChI=1S/C9H10FNOS/c1-13-8-4-2-3-6(10)9(8)7(12)5-11/h2-4H,5,11H2,1H3. The third-order valence-electron chi connectivity index (χ3n) is 1.66. The lowest BCUT2D eigenvalue weighted by molar-refractivity contribution is 0.0994. The molecule has 0 heterocycles. The highest BCUT2D eigenvalue weighted by molar-refractivity contribution is 7.98. The lowest BCUT2D eigenvalue weighted by atomic mass is 10.1. The normalized spacial score (nSPS) is 10.1. The molecule has 0 fully saturated rings. The summed E-state index contributed by atoms with van der Waals surface area (Å²) < 4.78 is 13.2. The van der Waals surface area contributed by atoms with Crippen LogP contribution in [0.15, 0.2) is 23.1 Å². The largest absolute Gasteiger partial charge is 0.324 e. The molecule has 70 valence electrons. The highest BCUT2D eigenvalue weighted by atomic mass is 32.2. The molecule has 2 N–H and O–H groups in total. The molecule has 0 aliphatic rings. The summed E-state index contributed by atoms with van der Waals surface area (Å²) >= 11 is 1.34. The van der Waals surface area contributed by atoms with Crippen molar-refractivity contribution in [1.82, 2.24) is 0 Å². The number of nitrogens with two attached hydrogens (primary N) is 1. The van der Waals surface area contributed by atoms with Crippen molar-refractivity contribution in [1.29, 1.82) is 0 Å². The Labute approximate surface area is 80.3 Å². The Kier molecular flexibility index (Phi) is 3.45. The number of carbonyl (C=O) groups is 1. The van der Waals surface area contributed by atoms with E-state index in [1.54, 1.807) is 18.4 Å². The van der Waals surface area contributed by atoms with Gasteiger partial charge in [-0.1, -0.05) is 6.07 Å². The van der Waals surface area contributed by atoms with Crippen molar-refractivity contribution < 1.29 is 9.18 Å². The van der Waals surface area contributed by atoms with E-state index in [9.17, 15) is 9.18 Å². The molecule has 13 heavy (non-hydrogen) atoms. The number of halogens is 1. The number of thioether (sulfide) groups is 1. The first-order chi connectivity index (χ1) is 6.20. The molecule has 0 amide bonds. The van der Waals surface area contributed by atoms with Crippen LogP contribution in [0.1, 0.15) is 10.4 Å². The first-order valence-electron chi connectivity index (χ1n) is 3.76. The van der Waals surface area contributed by atoms with Crippen molar-refractivity contribution in [3.05, 3.63) is 29.6 Å². The average Bonchev–Trinajstić information content (AvgIpc) is 2.16. The Balaban J connectivity index is 3.22. The molecule has 0 aliphatic heterocycles. The van der Waals surface area contributed by atoms with E-state index >= 15 is 0 Å². The summed E-state index contributed by atoms with van der Waals surface area (Å²) in [5, 5.41) is 0. The average molecular weight is 199 g/mol. The molecule has 0 aliphatic carbocycles. The van der Waals surface area contributed by atoms with Crippen LogP contribution in [-0.2, 0) is 0 Å². The van der Waals surface area contributed by atoms with Crippen molar-refractivity contribution in [3.8, 4) is 0 Å². The van der Waals surface area contributed by atoms with Crippen LogP contribution in [-0.4, -0.2) is 18.6 Å². The summed E-state index contributed by atoms with van der Waals surface area (Å²) in [6, 6.07) is 4.55. The molecule has 1 rings (SSSR count). The fourth-order valence-electron chi connectivity index (χ4n) is 1.05. The highest BCUT2D eigenvalue weighted by Gasteiger charge is 2.13. The SMILES string of the molecule is CSc1cccc(F)c1C(=O)CN. The van der Waals surface area contributed by atoms with Crippen LogP contribution in [0.5, 0.6) is 0 Å². The molecule has 1 aromatic rings. The molecule has 0 saturated carbocycles. The summed E-state index contributed by atoms with van der Waals surface area (Å²) in [6.07, 6.45) is 1.79. The summed E-state index contributed by atoms with van der Waals surface area (Å²) in [7, 11) is 0. The maximum Gasteiger partial charge on any atom is 0.180 e. The lowest BCUT2D eigenvalue weighted by Gasteiger charge is -2.05. The number of benzene rings is 1. The van der Waals surface area contributed by atoms with Crippen molar-refractivity contribution in [2.45, 2.75) is 4.90 Å². The summed E-state index contributed by atoms with van der Waals surface area (Å²) in [6.45, 7) is -0.158. The van der Waals surface area contributed by atoms with Crippen molar-refractivity contribution in [2.24, 2.45) is 5.73 Å². The van der Waals surface area contributed by atoms with Crippen LogP contribution in [0.25, 0.3) is 0 Å². The smallest absolute Gasteiger partial charge is 0.180 e. The minimum atomic E-state index is -0.498. The van der Waals surface area contributed by atoms with E-state index in [1.807, 2.05) is 0 Å². The van der Waals surface area contributed by atoms with Crippen molar-refractivity contribution in [2.75, 3.05) is 12.8 Å². The number of Topliss-reactive ketones (excluding diaryl/α,β-unsaturated/α-hetero) is 1. The maximum atomic E-state index is 13.2.